The van der Waals surface area contributed by atoms with Crippen molar-refractivity contribution in [2.24, 2.45) is 0 Å². The Morgan fingerprint density at radius 2 is 1.75 bits per heavy atom. The van der Waals surface area contributed by atoms with Crippen LogP contribution in [0.25, 0.3) is 6.08 Å². The van der Waals surface area contributed by atoms with Crippen LogP contribution in [-0.2, 0) is 11.2 Å². The number of nitrogens with one attached hydrogen (secondary N) is 1. The van der Waals surface area contributed by atoms with Gasteiger partial charge in [0.2, 0.25) is 5.91 Å². The highest BCUT2D eigenvalue weighted by molar-refractivity contribution is 6.03. The Morgan fingerprint density at radius 3 is 2.53 bits per heavy atom. The Kier molecular flexibility index (Phi) is 8.02. The summed E-state index contributed by atoms with van der Waals surface area (Å²) >= 11 is 0. The molecule has 2 amide bonds. The van der Waals surface area contributed by atoms with Crippen molar-refractivity contribution in [1.29, 1.82) is 0 Å². The standard InChI is InChI=1S/C29H30N4O3/c1-21-5-3-8-24(17-21)27(34)19-23-7-4-6-22(18-23)9-10-28(35)31-25-11-12-30-26(20-25)29(36)33-15-13-32(2)14-16-33/h3-12,17-18,20H,13-16,19H2,1-2H3,(H,30,31,35)/b10-9+. The molecule has 0 bridgehead atoms. The lowest BCUT2D eigenvalue weighted by Crippen LogP contribution is -2.47. The molecule has 36 heavy (non-hydrogen) atoms. The second-order valence-corrected chi connectivity index (χ2v) is 9.06. The number of Topliss-reactive ketones (excluding diaryl/α,β-unsaturated/α-hetero) is 1. The van der Waals surface area contributed by atoms with Crippen molar-refractivity contribution >= 4 is 29.4 Å². The average Bonchev–Trinajstić information content (AvgIpc) is 2.88. The first-order chi connectivity index (χ1) is 17.4. The van der Waals surface area contributed by atoms with Gasteiger partial charge in [-0.15, -0.1) is 0 Å². The summed E-state index contributed by atoms with van der Waals surface area (Å²) in [6.07, 6.45) is 4.95. The summed E-state index contributed by atoms with van der Waals surface area (Å²) in [4.78, 5) is 46.1. The molecular weight excluding hydrogens is 452 g/mol. The van der Waals surface area contributed by atoms with E-state index in [1.54, 1.807) is 23.1 Å². The molecule has 1 aliphatic heterocycles. The quantitative estimate of drug-likeness (QED) is 0.409. The first-order valence-corrected chi connectivity index (χ1v) is 12.0. The second-order valence-electron chi connectivity index (χ2n) is 9.06. The van der Waals surface area contributed by atoms with E-state index in [4.69, 9.17) is 0 Å². The van der Waals surface area contributed by atoms with Crippen LogP contribution in [0, 0.1) is 6.92 Å². The third-order valence-corrected chi connectivity index (χ3v) is 6.12. The third-order valence-electron chi connectivity index (χ3n) is 6.12. The van der Waals surface area contributed by atoms with Crippen molar-refractivity contribution in [2.45, 2.75) is 13.3 Å². The summed E-state index contributed by atoms with van der Waals surface area (Å²) < 4.78 is 0. The van der Waals surface area contributed by atoms with Gasteiger partial charge in [-0.3, -0.25) is 19.4 Å². The normalized spacial score (nSPS) is 14.1. The SMILES string of the molecule is Cc1cccc(C(=O)Cc2cccc(/C=C/C(=O)Nc3ccnc(C(=O)N4CCN(C)CC4)c3)c2)c1. The van der Waals surface area contributed by atoms with Gasteiger partial charge in [-0.05, 0) is 49.4 Å². The molecule has 7 heteroatoms. The van der Waals surface area contributed by atoms with E-state index in [0.29, 0.717) is 36.5 Å². The first kappa shape index (κ1) is 25.0. The van der Waals surface area contributed by atoms with E-state index in [0.717, 1.165) is 29.8 Å². The lowest BCUT2D eigenvalue weighted by atomic mass is 10.00. The van der Waals surface area contributed by atoms with Crippen LogP contribution in [0.1, 0.15) is 37.5 Å². The number of aryl methyl sites for hydroxylation is 1. The van der Waals surface area contributed by atoms with Crippen LogP contribution in [0.2, 0.25) is 0 Å². The van der Waals surface area contributed by atoms with Crippen LogP contribution in [0.3, 0.4) is 0 Å². The zero-order chi connectivity index (χ0) is 25.5. The van der Waals surface area contributed by atoms with Gasteiger partial charge in [0.1, 0.15) is 5.69 Å². The molecule has 2 aromatic carbocycles. The van der Waals surface area contributed by atoms with Gasteiger partial charge in [-0.25, -0.2) is 0 Å². The summed E-state index contributed by atoms with van der Waals surface area (Å²) in [5, 5.41) is 2.79. The summed E-state index contributed by atoms with van der Waals surface area (Å²) in [5.74, 6) is -0.399. The number of piperazine rings is 1. The Bertz CT molecular complexity index is 1290. The highest BCUT2D eigenvalue weighted by Crippen LogP contribution is 2.14. The number of amides is 2. The molecule has 1 aliphatic rings. The minimum Gasteiger partial charge on any atom is -0.335 e. The zero-order valence-corrected chi connectivity index (χ0v) is 20.6. The van der Waals surface area contributed by atoms with Gasteiger partial charge < -0.3 is 15.1 Å². The van der Waals surface area contributed by atoms with Crippen molar-refractivity contribution in [3.8, 4) is 0 Å². The van der Waals surface area contributed by atoms with Gasteiger partial charge in [0.25, 0.3) is 5.91 Å². The molecule has 4 rings (SSSR count). The summed E-state index contributed by atoms with van der Waals surface area (Å²) in [7, 11) is 2.03. The molecule has 7 nitrogen and oxygen atoms in total. The minimum atomic E-state index is -0.319. The minimum absolute atomic E-state index is 0.0529. The fourth-order valence-corrected chi connectivity index (χ4v) is 4.07. The van der Waals surface area contributed by atoms with E-state index in [1.165, 1.54) is 12.3 Å². The van der Waals surface area contributed by atoms with Crippen molar-refractivity contribution in [1.82, 2.24) is 14.8 Å². The largest absolute Gasteiger partial charge is 0.335 e. The third kappa shape index (κ3) is 6.73. The average molecular weight is 483 g/mol. The Hall–Kier alpha value is -4.10. The Balaban J connectivity index is 1.36. The molecule has 1 saturated heterocycles. The highest BCUT2D eigenvalue weighted by Gasteiger charge is 2.21. The van der Waals surface area contributed by atoms with E-state index in [9.17, 15) is 14.4 Å². The van der Waals surface area contributed by atoms with Crippen molar-refractivity contribution in [3.63, 3.8) is 0 Å². The van der Waals surface area contributed by atoms with E-state index in [1.807, 2.05) is 62.5 Å². The monoisotopic (exact) mass is 482 g/mol. The lowest BCUT2D eigenvalue weighted by Gasteiger charge is -2.32. The fourth-order valence-electron chi connectivity index (χ4n) is 4.07. The van der Waals surface area contributed by atoms with Gasteiger partial charge in [0.15, 0.2) is 5.78 Å². The lowest BCUT2D eigenvalue weighted by molar-refractivity contribution is -0.111. The van der Waals surface area contributed by atoms with Gasteiger partial charge in [0.05, 0.1) is 0 Å². The van der Waals surface area contributed by atoms with E-state index in [2.05, 4.69) is 15.2 Å². The molecule has 1 aromatic heterocycles. The van der Waals surface area contributed by atoms with Crippen LogP contribution in [0.15, 0.2) is 72.9 Å². The summed E-state index contributed by atoms with van der Waals surface area (Å²) in [6.45, 7) is 4.94. The number of rotatable bonds is 7. The van der Waals surface area contributed by atoms with Crippen LogP contribution < -0.4 is 5.32 Å². The number of likely N-dealkylation sites (N-methyl/N-ethyl adjacent to an activating group) is 1. The molecule has 0 spiro atoms. The summed E-state index contributed by atoms with van der Waals surface area (Å²) in [6, 6.07) is 18.4. The van der Waals surface area contributed by atoms with Crippen LogP contribution in [0.5, 0.6) is 0 Å². The molecule has 0 radical (unpaired) electrons. The number of aromatic nitrogens is 1. The van der Waals surface area contributed by atoms with E-state index >= 15 is 0 Å². The molecule has 184 valence electrons. The van der Waals surface area contributed by atoms with Gasteiger partial charge in [0, 0.05) is 56.1 Å². The van der Waals surface area contributed by atoms with Crippen molar-refractivity contribution in [2.75, 3.05) is 38.5 Å². The molecule has 1 fully saturated rings. The topological polar surface area (TPSA) is 82.6 Å². The maximum atomic E-state index is 12.8. The maximum Gasteiger partial charge on any atom is 0.272 e. The Morgan fingerprint density at radius 1 is 0.972 bits per heavy atom. The number of carbonyl (C=O) groups is 3. The molecule has 0 unspecified atom stereocenters. The maximum absolute atomic E-state index is 12.8. The molecule has 0 saturated carbocycles. The summed E-state index contributed by atoms with van der Waals surface area (Å²) in [5.41, 5.74) is 4.26. The molecular formula is C29H30N4O3. The molecule has 3 aromatic rings. The molecule has 0 atom stereocenters. The van der Waals surface area contributed by atoms with Gasteiger partial charge in [-0.1, -0.05) is 48.0 Å². The zero-order valence-electron chi connectivity index (χ0n) is 20.6. The van der Waals surface area contributed by atoms with Gasteiger partial charge in [-0.2, -0.15) is 0 Å². The molecule has 1 N–H and O–H groups in total. The number of hydrogen-bond donors (Lipinski definition) is 1. The van der Waals surface area contributed by atoms with Crippen LogP contribution in [0.4, 0.5) is 5.69 Å². The number of nitrogens with zero attached hydrogens (tertiary/aromatic N) is 3. The highest BCUT2D eigenvalue weighted by atomic mass is 16.2. The van der Waals surface area contributed by atoms with Crippen molar-refractivity contribution < 1.29 is 14.4 Å². The predicted molar refractivity (Wildman–Crippen MR) is 141 cm³/mol. The number of ketones is 1. The first-order valence-electron chi connectivity index (χ1n) is 12.0. The second kappa shape index (κ2) is 11.6. The van der Waals surface area contributed by atoms with Crippen LogP contribution in [-0.4, -0.2) is 65.6 Å². The van der Waals surface area contributed by atoms with Crippen LogP contribution >= 0.6 is 0 Å². The van der Waals surface area contributed by atoms with Gasteiger partial charge >= 0.3 is 0 Å². The predicted octanol–water partition coefficient (Wildman–Crippen LogP) is 3.85. The molecule has 0 aliphatic carbocycles. The fraction of sp³-hybridized carbons (Fsp3) is 0.241. The molecule has 2 heterocycles. The number of pyridine rings is 1. The Labute approximate surface area is 211 Å². The number of carbonyl (C=O) groups excluding carboxylic acids is 3. The smallest absolute Gasteiger partial charge is 0.272 e. The number of hydrogen-bond acceptors (Lipinski definition) is 5. The van der Waals surface area contributed by atoms with E-state index in [-0.39, 0.29) is 17.6 Å². The number of anilines is 1. The van der Waals surface area contributed by atoms with Crippen molar-refractivity contribution in [3.05, 3.63) is 101 Å². The number of benzene rings is 2. The van der Waals surface area contributed by atoms with E-state index < -0.39 is 0 Å².